The highest BCUT2D eigenvalue weighted by atomic mass is 16.5. The molecule has 0 amide bonds. The molecule has 116 valence electrons. The molecule has 6 heteroatoms. The molecule has 0 spiro atoms. The van der Waals surface area contributed by atoms with Gasteiger partial charge in [0, 0.05) is 19.0 Å². The first-order valence-corrected chi connectivity index (χ1v) is 7.48. The Morgan fingerprint density at radius 1 is 1.18 bits per heavy atom. The summed E-state index contributed by atoms with van der Waals surface area (Å²) in [6.45, 7) is 1.99. The first-order chi connectivity index (χ1) is 10.8. The van der Waals surface area contributed by atoms with Crippen LogP contribution in [0, 0.1) is 0 Å². The molecule has 0 fully saturated rings. The maximum atomic E-state index is 6.11. The third-order valence-corrected chi connectivity index (χ3v) is 3.80. The number of aryl methyl sites for hydroxylation is 1. The molecule has 0 radical (unpaired) electrons. The number of fused-ring (bicyclic) bond motifs is 3. The maximum absolute atomic E-state index is 6.11. The number of imidazole rings is 1. The van der Waals surface area contributed by atoms with Crippen molar-refractivity contribution in [2.24, 2.45) is 5.73 Å². The molecule has 1 aromatic carbocycles. The van der Waals surface area contributed by atoms with Gasteiger partial charge in [-0.05, 0) is 25.5 Å². The number of nitrogens with two attached hydrogens (primary N) is 2. The van der Waals surface area contributed by atoms with E-state index in [1.165, 1.54) is 0 Å². The SMILES string of the molecule is COCc1nc2c(N)nc3ccccc3c2n1CCCCN. The fraction of sp³-hybridized carbons (Fsp3) is 0.375. The zero-order chi connectivity index (χ0) is 15.5. The Labute approximate surface area is 129 Å². The van der Waals surface area contributed by atoms with Gasteiger partial charge in [-0.15, -0.1) is 0 Å². The Bertz CT molecular complexity index is 796. The quantitative estimate of drug-likeness (QED) is 0.680. The second-order valence-electron chi connectivity index (χ2n) is 5.32. The average molecular weight is 299 g/mol. The topological polar surface area (TPSA) is 92.0 Å². The van der Waals surface area contributed by atoms with Gasteiger partial charge in [-0.3, -0.25) is 0 Å². The molecule has 22 heavy (non-hydrogen) atoms. The second-order valence-corrected chi connectivity index (χ2v) is 5.32. The number of unbranched alkanes of at least 4 members (excludes halogenated alkanes) is 1. The van der Waals surface area contributed by atoms with Gasteiger partial charge in [0.1, 0.15) is 17.9 Å². The lowest BCUT2D eigenvalue weighted by Crippen LogP contribution is -2.07. The summed E-state index contributed by atoms with van der Waals surface area (Å²) in [5.74, 6) is 1.34. The molecule has 0 saturated heterocycles. The number of aromatic nitrogens is 3. The molecule has 0 bridgehead atoms. The smallest absolute Gasteiger partial charge is 0.152 e. The first-order valence-electron chi connectivity index (χ1n) is 7.48. The minimum Gasteiger partial charge on any atom is -0.382 e. The van der Waals surface area contributed by atoms with E-state index < -0.39 is 0 Å². The van der Waals surface area contributed by atoms with E-state index in [1.807, 2.05) is 18.2 Å². The van der Waals surface area contributed by atoms with Crippen LogP contribution in [0.3, 0.4) is 0 Å². The van der Waals surface area contributed by atoms with E-state index in [-0.39, 0.29) is 0 Å². The lowest BCUT2D eigenvalue weighted by molar-refractivity contribution is 0.174. The molecule has 0 atom stereocenters. The second kappa shape index (κ2) is 6.29. The monoisotopic (exact) mass is 299 g/mol. The van der Waals surface area contributed by atoms with Crippen molar-refractivity contribution in [3.63, 3.8) is 0 Å². The van der Waals surface area contributed by atoms with Gasteiger partial charge in [-0.1, -0.05) is 18.2 Å². The molecule has 0 aliphatic carbocycles. The molecule has 3 rings (SSSR count). The number of hydrogen-bond acceptors (Lipinski definition) is 5. The van der Waals surface area contributed by atoms with Gasteiger partial charge in [-0.25, -0.2) is 9.97 Å². The lowest BCUT2D eigenvalue weighted by atomic mass is 10.2. The zero-order valence-corrected chi connectivity index (χ0v) is 12.7. The highest BCUT2D eigenvalue weighted by Gasteiger charge is 2.16. The Balaban J connectivity index is 2.24. The summed E-state index contributed by atoms with van der Waals surface area (Å²) in [7, 11) is 1.67. The number of methoxy groups -OCH3 is 1. The lowest BCUT2D eigenvalue weighted by Gasteiger charge is -2.10. The van der Waals surface area contributed by atoms with Crippen LogP contribution in [0.4, 0.5) is 5.82 Å². The van der Waals surface area contributed by atoms with Crippen molar-refractivity contribution in [1.29, 1.82) is 0 Å². The minimum absolute atomic E-state index is 0.449. The van der Waals surface area contributed by atoms with Crippen molar-refractivity contribution in [3.8, 4) is 0 Å². The number of anilines is 1. The normalized spacial score (nSPS) is 11.5. The summed E-state index contributed by atoms with van der Waals surface area (Å²) in [5, 5.41) is 1.06. The molecular weight excluding hydrogens is 278 g/mol. The standard InChI is InChI=1S/C16H21N5O/c1-22-10-13-20-14-15(21(13)9-5-4-8-17)11-6-2-3-7-12(11)19-16(14)18/h2-3,6-7H,4-5,8-10,17H2,1H3,(H2,18,19). The van der Waals surface area contributed by atoms with Crippen LogP contribution in [-0.2, 0) is 17.9 Å². The number of nitrogens with zero attached hydrogens (tertiary/aromatic N) is 3. The zero-order valence-electron chi connectivity index (χ0n) is 12.7. The van der Waals surface area contributed by atoms with E-state index in [0.717, 1.165) is 47.1 Å². The van der Waals surface area contributed by atoms with Crippen molar-refractivity contribution in [2.75, 3.05) is 19.4 Å². The molecule has 0 aliphatic rings. The van der Waals surface area contributed by atoms with Crippen LogP contribution in [0.15, 0.2) is 24.3 Å². The van der Waals surface area contributed by atoms with Crippen LogP contribution < -0.4 is 11.5 Å². The molecule has 6 nitrogen and oxygen atoms in total. The summed E-state index contributed by atoms with van der Waals surface area (Å²) in [6, 6.07) is 8.00. The summed E-state index contributed by atoms with van der Waals surface area (Å²) in [4.78, 5) is 9.11. The predicted octanol–water partition coefficient (Wildman–Crippen LogP) is 2.05. The van der Waals surface area contributed by atoms with Gasteiger partial charge in [0.2, 0.25) is 0 Å². The van der Waals surface area contributed by atoms with Gasteiger partial charge in [0.25, 0.3) is 0 Å². The Kier molecular flexibility index (Phi) is 4.22. The molecule has 0 unspecified atom stereocenters. The minimum atomic E-state index is 0.449. The molecular formula is C16H21N5O. The Morgan fingerprint density at radius 2 is 2.00 bits per heavy atom. The third kappa shape index (κ3) is 2.51. The third-order valence-electron chi connectivity index (χ3n) is 3.80. The fourth-order valence-electron chi connectivity index (χ4n) is 2.80. The molecule has 0 saturated carbocycles. The highest BCUT2D eigenvalue weighted by molar-refractivity contribution is 6.06. The van der Waals surface area contributed by atoms with Crippen LogP contribution >= 0.6 is 0 Å². The van der Waals surface area contributed by atoms with Crippen molar-refractivity contribution < 1.29 is 4.74 Å². The van der Waals surface area contributed by atoms with E-state index in [2.05, 4.69) is 20.6 Å². The van der Waals surface area contributed by atoms with Crippen molar-refractivity contribution in [2.45, 2.75) is 26.0 Å². The van der Waals surface area contributed by atoms with Crippen LogP contribution in [0.25, 0.3) is 21.9 Å². The number of benzene rings is 1. The number of nitrogen functional groups attached to an aromatic ring is 1. The van der Waals surface area contributed by atoms with E-state index in [1.54, 1.807) is 7.11 Å². The molecule has 3 aromatic rings. The molecule has 2 aromatic heterocycles. The van der Waals surface area contributed by atoms with Crippen LogP contribution in [0.1, 0.15) is 18.7 Å². The molecule has 4 N–H and O–H groups in total. The number of rotatable bonds is 6. The van der Waals surface area contributed by atoms with Crippen LogP contribution in [-0.4, -0.2) is 28.2 Å². The van der Waals surface area contributed by atoms with Gasteiger partial charge in [-0.2, -0.15) is 0 Å². The number of ether oxygens (including phenoxy) is 1. The summed E-state index contributed by atoms with van der Waals surface area (Å²) < 4.78 is 7.48. The largest absolute Gasteiger partial charge is 0.382 e. The van der Waals surface area contributed by atoms with E-state index in [9.17, 15) is 0 Å². The van der Waals surface area contributed by atoms with Crippen molar-refractivity contribution in [1.82, 2.24) is 14.5 Å². The van der Waals surface area contributed by atoms with Gasteiger partial charge >= 0.3 is 0 Å². The Hall–Kier alpha value is -2.18. The summed E-state index contributed by atoms with van der Waals surface area (Å²) in [6.07, 6.45) is 1.97. The van der Waals surface area contributed by atoms with Crippen LogP contribution in [0.5, 0.6) is 0 Å². The van der Waals surface area contributed by atoms with Gasteiger partial charge < -0.3 is 20.8 Å². The van der Waals surface area contributed by atoms with E-state index in [0.29, 0.717) is 19.0 Å². The van der Waals surface area contributed by atoms with Crippen molar-refractivity contribution in [3.05, 3.63) is 30.1 Å². The summed E-state index contributed by atoms with van der Waals surface area (Å²) >= 11 is 0. The highest BCUT2D eigenvalue weighted by Crippen LogP contribution is 2.29. The molecule has 0 aliphatic heterocycles. The van der Waals surface area contributed by atoms with Crippen LogP contribution in [0.2, 0.25) is 0 Å². The fourth-order valence-corrected chi connectivity index (χ4v) is 2.80. The van der Waals surface area contributed by atoms with E-state index in [4.69, 9.17) is 16.2 Å². The number of para-hydroxylation sites is 1. The molecule has 2 heterocycles. The Morgan fingerprint density at radius 3 is 2.77 bits per heavy atom. The average Bonchev–Trinajstić information content (AvgIpc) is 2.88. The van der Waals surface area contributed by atoms with Crippen molar-refractivity contribution >= 4 is 27.8 Å². The van der Waals surface area contributed by atoms with Gasteiger partial charge in [0.05, 0.1) is 11.0 Å². The summed E-state index contributed by atoms with van der Waals surface area (Å²) in [5.41, 5.74) is 14.4. The van der Waals surface area contributed by atoms with E-state index >= 15 is 0 Å². The maximum Gasteiger partial charge on any atom is 0.152 e. The first kappa shape index (κ1) is 14.7. The number of pyridine rings is 1. The van der Waals surface area contributed by atoms with Gasteiger partial charge in [0.15, 0.2) is 5.82 Å². The predicted molar refractivity (Wildman–Crippen MR) is 88.4 cm³/mol. The number of hydrogen-bond donors (Lipinski definition) is 2.